The second kappa shape index (κ2) is 6.75. The van der Waals surface area contributed by atoms with E-state index >= 15 is 0 Å². The highest BCUT2D eigenvalue weighted by Crippen LogP contribution is 2.28. The molecule has 1 saturated carbocycles. The molecular weight excluding hydrogens is 248 g/mol. The van der Waals surface area contributed by atoms with E-state index < -0.39 is 0 Å². The molecule has 1 saturated heterocycles. The van der Waals surface area contributed by atoms with Gasteiger partial charge in [0.1, 0.15) is 0 Å². The maximum atomic E-state index is 12.3. The molecule has 0 radical (unpaired) electrons. The van der Waals surface area contributed by atoms with Crippen LogP contribution in [0.2, 0.25) is 0 Å². The van der Waals surface area contributed by atoms with E-state index in [0.717, 1.165) is 44.8 Å². The van der Waals surface area contributed by atoms with Crippen molar-refractivity contribution in [2.24, 2.45) is 11.8 Å². The van der Waals surface area contributed by atoms with Crippen LogP contribution in [0.5, 0.6) is 0 Å². The lowest BCUT2D eigenvalue weighted by Crippen LogP contribution is -2.41. The van der Waals surface area contributed by atoms with Crippen LogP contribution in [0.3, 0.4) is 0 Å². The van der Waals surface area contributed by atoms with Gasteiger partial charge in [-0.05, 0) is 51.0 Å². The number of amides is 1. The summed E-state index contributed by atoms with van der Waals surface area (Å²) in [4.78, 5) is 17.1. The average Bonchev–Trinajstić information content (AvgIpc) is 2.63. The van der Waals surface area contributed by atoms with Crippen molar-refractivity contribution in [3.63, 3.8) is 0 Å². The zero-order valence-corrected chi connectivity index (χ0v) is 12.6. The molecule has 0 aromatic heterocycles. The fourth-order valence-corrected chi connectivity index (χ4v) is 3.67. The fourth-order valence-electron chi connectivity index (χ4n) is 3.67. The van der Waals surface area contributed by atoms with E-state index in [2.05, 4.69) is 22.0 Å². The van der Waals surface area contributed by atoms with Crippen LogP contribution < -0.4 is 0 Å². The van der Waals surface area contributed by atoms with Crippen LogP contribution in [0.15, 0.2) is 12.2 Å². The third kappa shape index (κ3) is 3.43. The second-order valence-corrected chi connectivity index (χ2v) is 6.76. The lowest BCUT2D eigenvalue weighted by Gasteiger charge is -2.31. The summed E-state index contributed by atoms with van der Waals surface area (Å²) in [6, 6.07) is 0. The molecule has 1 atom stereocenters. The molecule has 20 heavy (non-hydrogen) atoms. The van der Waals surface area contributed by atoms with E-state index in [1.165, 1.54) is 38.8 Å². The van der Waals surface area contributed by atoms with E-state index in [1.54, 1.807) is 0 Å². The predicted octanol–water partition coefficient (Wildman–Crippen LogP) is 2.68. The van der Waals surface area contributed by atoms with Crippen LogP contribution in [0.1, 0.15) is 44.9 Å². The minimum Gasteiger partial charge on any atom is -0.341 e. The Morgan fingerprint density at radius 2 is 1.90 bits per heavy atom. The summed E-state index contributed by atoms with van der Waals surface area (Å²) in [7, 11) is 0. The number of carbonyl (C=O) groups is 1. The van der Waals surface area contributed by atoms with E-state index in [0.29, 0.717) is 11.8 Å². The average molecular weight is 276 g/mol. The Kier molecular flexibility index (Phi) is 4.77. The Labute approximate surface area is 123 Å². The van der Waals surface area contributed by atoms with E-state index in [1.807, 2.05) is 0 Å². The molecule has 3 heteroatoms. The Morgan fingerprint density at radius 3 is 2.60 bits per heavy atom. The van der Waals surface area contributed by atoms with Gasteiger partial charge in [-0.3, -0.25) is 4.79 Å². The summed E-state index contributed by atoms with van der Waals surface area (Å²) in [5.74, 6) is 1.65. The monoisotopic (exact) mass is 276 g/mol. The van der Waals surface area contributed by atoms with Crippen molar-refractivity contribution in [2.45, 2.75) is 44.9 Å². The fraction of sp³-hybridized carbons (Fsp3) is 0.824. The van der Waals surface area contributed by atoms with Crippen molar-refractivity contribution in [3.8, 4) is 0 Å². The Morgan fingerprint density at radius 1 is 1.00 bits per heavy atom. The van der Waals surface area contributed by atoms with Crippen molar-refractivity contribution in [1.82, 2.24) is 9.80 Å². The van der Waals surface area contributed by atoms with Crippen LogP contribution in [-0.4, -0.2) is 48.4 Å². The second-order valence-electron chi connectivity index (χ2n) is 6.76. The molecule has 0 bridgehead atoms. The molecule has 2 fully saturated rings. The molecule has 0 N–H and O–H groups in total. The van der Waals surface area contributed by atoms with Gasteiger partial charge in [0.15, 0.2) is 0 Å². The van der Waals surface area contributed by atoms with Gasteiger partial charge in [-0.15, -0.1) is 0 Å². The molecule has 1 amide bonds. The molecule has 0 aromatic carbocycles. The maximum Gasteiger partial charge on any atom is 0.225 e. The number of hydrogen-bond donors (Lipinski definition) is 0. The predicted molar refractivity (Wildman–Crippen MR) is 81.5 cm³/mol. The molecule has 3 rings (SSSR count). The van der Waals surface area contributed by atoms with Gasteiger partial charge in [0, 0.05) is 32.1 Å². The topological polar surface area (TPSA) is 23.6 Å². The van der Waals surface area contributed by atoms with Crippen molar-refractivity contribution in [1.29, 1.82) is 0 Å². The van der Waals surface area contributed by atoms with Gasteiger partial charge in [-0.2, -0.15) is 0 Å². The molecule has 0 spiro atoms. The van der Waals surface area contributed by atoms with Gasteiger partial charge >= 0.3 is 0 Å². The van der Waals surface area contributed by atoms with Crippen molar-refractivity contribution >= 4 is 5.91 Å². The summed E-state index contributed by atoms with van der Waals surface area (Å²) in [6.45, 7) is 5.43. The van der Waals surface area contributed by atoms with Crippen molar-refractivity contribution in [3.05, 3.63) is 12.2 Å². The van der Waals surface area contributed by atoms with Gasteiger partial charge < -0.3 is 9.80 Å². The quantitative estimate of drug-likeness (QED) is 0.740. The Balaban J connectivity index is 1.46. The number of carbonyl (C=O) groups excluding carboxylic acids is 1. The Hall–Kier alpha value is -0.830. The maximum absolute atomic E-state index is 12.3. The highest BCUT2D eigenvalue weighted by molar-refractivity contribution is 5.79. The highest BCUT2D eigenvalue weighted by atomic mass is 16.2. The molecule has 3 nitrogen and oxygen atoms in total. The van der Waals surface area contributed by atoms with Crippen LogP contribution in [0.4, 0.5) is 0 Å². The van der Waals surface area contributed by atoms with Crippen molar-refractivity contribution in [2.75, 3.05) is 32.7 Å². The van der Waals surface area contributed by atoms with Gasteiger partial charge in [0.2, 0.25) is 5.91 Å². The first-order valence-electron chi connectivity index (χ1n) is 8.49. The number of allylic oxidation sites excluding steroid dienone is 2. The first-order valence-corrected chi connectivity index (χ1v) is 8.49. The van der Waals surface area contributed by atoms with Gasteiger partial charge in [0.25, 0.3) is 0 Å². The zero-order valence-electron chi connectivity index (χ0n) is 12.6. The van der Waals surface area contributed by atoms with E-state index in [4.69, 9.17) is 0 Å². The van der Waals surface area contributed by atoms with Crippen LogP contribution in [0.25, 0.3) is 0 Å². The number of nitrogens with zero attached hydrogens (tertiary/aromatic N) is 2. The minimum absolute atomic E-state index is 0.366. The molecule has 3 aliphatic rings. The zero-order chi connectivity index (χ0) is 13.8. The summed E-state index contributed by atoms with van der Waals surface area (Å²) in [5, 5.41) is 0. The molecule has 112 valence electrons. The molecule has 1 heterocycles. The van der Waals surface area contributed by atoms with E-state index in [9.17, 15) is 4.79 Å². The third-order valence-electron chi connectivity index (χ3n) is 5.25. The highest BCUT2D eigenvalue weighted by Gasteiger charge is 2.30. The molecule has 2 aliphatic carbocycles. The largest absolute Gasteiger partial charge is 0.341 e. The van der Waals surface area contributed by atoms with Crippen LogP contribution in [0, 0.1) is 11.8 Å². The molecule has 1 unspecified atom stereocenters. The van der Waals surface area contributed by atoms with Gasteiger partial charge in [-0.25, -0.2) is 0 Å². The first kappa shape index (κ1) is 14.1. The summed E-state index contributed by atoms with van der Waals surface area (Å²) in [6.07, 6.45) is 13.2. The van der Waals surface area contributed by atoms with Crippen LogP contribution >= 0.6 is 0 Å². The lowest BCUT2D eigenvalue weighted by atomic mass is 9.84. The SMILES string of the molecule is O=C(C1CCC1)N1CCCN(CC2CC=CCC2)CC1. The smallest absolute Gasteiger partial charge is 0.225 e. The minimum atomic E-state index is 0.366. The summed E-state index contributed by atoms with van der Waals surface area (Å²) < 4.78 is 0. The molecule has 1 aliphatic heterocycles. The third-order valence-corrected chi connectivity index (χ3v) is 5.25. The molecule has 0 aromatic rings. The first-order chi connectivity index (χ1) is 9.83. The Bertz CT molecular complexity index is 362. The van der Waals surface area contributed by atoms with Gasteiger partial charge in [-0.1, -0.05) is 18.6 Å². The number of rotatable bonds is 3. The van der Waals surface area contributed by atoms with Crippen molar-refractivity contribution < 1.29 is 4.79 Å². The van der Waals surface area contributed by atoms with Crippen LogP contribution in [-0.2, 0) is 4.79 Å². The van der Waals surface area contributed by atoms with E-state index in [-0.39, 0.29) is 0 Å². The standard InChI is InChI=1S/C17H28N2O/c20-17(16-8-4-9-16)19-11-5-10-18(12-13-19)14-15-6-2-1-3-7-15/h1-2,15-16H,3-14H2. The number of hydrogen-bond acceptors (Lipinski definition) is 2. The normalized spacial score (nSPS) is 29.0. The summed E-state index contributed by atoms with van der Waals surface area (Å²) in [5.41, 5.74) is 0. The molecular formula is C17H28N2O. The van der Waals surface area contributed by atoms with Gasteiger partial charge in [0.05, 0.1) is 0 Å². The lowest BCUT2D eigenvalue weighted by molar-refractivity contribution is -0.138. The summed E-state index contributed by atoms with van der Waals surface area (Å²) >= 11 is 0.